The Morgan fingerprint density at radius 3 is 2.43 bits per heavy atom. The van der Waals surface area contributed by atoms with Crippen molar-refractivity contribution in [3.05, 3.63) is 27.1 Å². The molecule has 1 aromatic rings. The van der Waals surface area contributed by atoms with Crippen molar-refractivity contribution in [2.75, 3.05) is 13.2 Å². The number of ether oxygens (including phenoxy) is 1. The third kappa shape index (κ3) is 3.26. The van der Waals surface area contributed by atoms with Crippen molar-refractivity contribution in [1.82, 2.24) is 0 Å². The van der Waals surface area contributed by atoms with E-state index < -0.39 is 0 Å². The molecule has 14 heavy (non-hydrogen) atoms. The largest absolute Gasteiger partial charge is 0.491 e. The summed E-state index contributed by atoms with van der Waals surface area (Å²) in [6.07, 6.45) is 0. The highest BCUT2D eigenvalue weighted by molar-refractivity contribution is 9.11. The van der Waals surface area contributed by atoms with Crippen LogP contribution in [0, 0.1) is 5.92 Å². The number of hydrogen-bond acceptors (Lipinski definition) is 2. The first-order valence-electron chi connectivity index (χ1n) is 4.42. The van der Waals surface area contributed by atoms with Crippen LogP contribution in [0.2, 0.25) is 0 Å². The summed E-state index contributed by atoms with van der Waals surface area (Å²) < 4.78 is 7.56. The summed E-state index contributed by atoms with van der Waals surface area (Å²) in [6, 6.07) is 5.85. The lowest BCUT2D eigenvalue weighted by Crippen LogP contribution is -2.18. The normalized spacial score (nSPS) is 12.6. The molecule has 2 nitrogen and oxygen atoms in total. The van der Waals surface area contributed by atoms with Gasteiger partial charge in [0.1, 0.15) is 5.75 Å². The predicted octanol–water partition coefficient (Wildman–Crippen LogP) is 3.19. The minimum atomic E-state index is 0.369. The van der Waals surface area contributed by atoms with E-state index >= 15 is 0 Å². The van der Waals surface area contributed by atoms with Crippen LogP contribution in [0.5, 0.6) is 5.75 Å². The van der Waals surface area contributed by atoms with Crippen LogP contribution in [-0.2, 0) is 0 Å². The molecule has 0 saturated carbocycles. The Labute approximate surface area is 101 Å². The number of nitrogens with two attached hydrogens (primary N) is 1. The Bertz CT molecular complexity index is 284. The summed E-state index contributed by atoms with van der Waals surface area (Å²) in [6.45, 7) is 3.34. The molecule has 1 rings (SSSR count). The van der Waals surface area contributed by atoms with Gasteiger partial charge in [-0.3, -0.25) is 0 Å². The molecule has 0 fully saturated rings. The molecule has 1 unspecified atom stereocenters. The van der Waals surface area contributed by atoms with Crippen molar-refractivity contribution in [2.24, 2.45) is 11.7 Å². The van der Waals surface area contributed by atoms with Crippen LogP contribution >= 0.6 is 31.9 Å². The van der Waals surface area contributed by atoms with E-state index in [9.17, 15) is 0 Å². The summed E-state index contributed by atoms with van der Waals surface area (Å²) in [5.74, 6) is 1.21. The topological polar surface area (TPSA) is 35.2 Å². The minimum absolute atomic E-state index is 0.369. The summed E-state index contributed by atoms with van der Waals surface area (Å²) >= 11 is 6.87. The first-order chi connectivity index (χ1) is 6.65. The van der Waals surface area contributed by atoms with Gasteiger partial charge in [0, 0.05) is 5.92 Å². The Kier molecular flexibility index (Phi) is 4.92. The van der Waals surface area contributed by atoms with Gasteiger partial charge < -0.3 is 10.5 Å². The average Bonchev–Trinajstić information content (AvgIpc) is 2.16. The van der Waals surface area contributed by atoms with Crippen LogP contribution in [0.15, 0.2) is 27.1 Å². The van der Waals surface area contributed by atoms with Gasteiger partial charge >= 0.3 is 0 Å². The zero-order valence-corrected chi connectivity index (χ0v) is 11.1. The molecule has 0 radical (unpaired) electrons. The van der Waals surface area contributed by atoms with E-state index in [-0.39, 0.29) is 0 Å². The highest BCUT2D eigenvalue weighted by Gasteiger charge is 2.07. The summed E-state index contributed by atoms with van der Waals surface area (Å²) in [7, 11) is 0. The van der Waals surface area contributed by atoms with Crippen LogP contribution in [-0.4, -0.2) is 13.2 Å². The van der Waals surface area contributed by atoms with Gasteiger partial charge in [0.05, 0.1) is 15.6 Å². The summed E-state index contributed by atoms with van der Waals surface area (Å²) in [4.78, 5) is 0. The van der Waals surface area contributed by atoms with Gasteiger partial charge in [0.15, 0.2) is 0 Å². The molecule has 0 saturated heterocycles. The number of rotatable bonds is 4. The number of halogens is 2. The Morgan fingerprint density at radius 2 is 1.93 bits per heavy atom. The summed E-state index contributed by atoms with van der Waals surface area (Å²) in [5, 5.41) is 0. The molecule has 0 aromatic heterocycles. The quantitative estimate of drug-likeness (QED) is 0.924. The molecule has 1 aromatic carbocycles. The molecule has 0 aliphatic rings. The minimum Gasteiger partial charge on any atom is -0.491 e. The first-order valence-corrected chi connectivity index (χ1v) is 6.00. The van der Waals surface area contributed by atoms with Gasteiger partial charge in [0.2, 0.25) is 0 Å². The van der Waals surface area contributed by atoms with Gasteiger partial charge in [-0.05, 0) is 50.5 Å². The maximum Gasteiger partial charge on any atom is 0.147 e. The summed E-state index contributed by atoms with van der Waals surface area (Å²) in [5.41, 5.74) is 5.51. The van der Waals surface area contributed by atoms with Crippen molar-refractivity contribution < 1.29 is 4.74 Å². The maximum absolute atomic E-state index is 5.65. The zero-order chi connectivity index (χ0) is 10.6. The van der Waals surface area contributed by atoms with E-state index in [1.807, 2.05) is 18.2 Å². The fraction of sp³-hybridized carbons (Fsp3) is 0.400. The molecule has 0 aliphatic carbocycles. The predicted molar refractivity (Wildman–Crippen MR) is 65.6 cm³/mol. The lowest BCUT2D eigenvalue weighted by molar-refractivity contribution is 0.261. The van der Waals surface area contributed by atoms with Gasteiger partial charge in [-0.1, -0.05) is 13.0 Å². The molecular weight excluding hydrogens is 310 g/mol. The second kappa shape index (κ2) is 5.73. The van der Waals surface area contributed by atoms with Crippen molar-refractivity contribution in [2.45, 2.75) is 6.92 Å². The van der Waals surface area contributed by atoms with Crippen molar-refractivity contribution >= 4 is 31.9 Å². The molecule has 78 valence electrons. The van der Waals surface area contributed by atoms with Gasteiger partial charge in [-0.2, -0.15) is 0 Å². The highest BCUT2D eigenvalue weighted by atomic mass is 79.9. The molecule has 0 bridgehead atoms. The fourth-order valence-electron chi connectivity index (χ4n) is 0.914. The van der Waals surface area contributed by atoms with E-state index in [1.54, 1.807) is 0 Å². The molecular formula is C10H13Br2NO. The van der Waals surface area contributed by atoms with Crippen LogP contribution in [0.1, 0.15) is 6.92 Å². The van der Waals surface area contributed by atoms with Gasteiger partial charge in [-0.15, -0.1) is 0 Å². The third-order valence-electron chi connectivity index (χ3n) is 1.83. The van der Waals surface area contributed by atoms with E-state index in [1.165, 1.54) is 0 Å². The molecule has 4 heteroatoms. The Hall–Kier alpha value is -0.0600. The number of hydrogen-bond donors (Lipinski definition) is 1. The SMILES string of the molecule is CC(CN)COc1c(Br)cccc1Br. The third-order valence-corrected chi connectivity index (χ3v) is 3.08. The van der Waals surface area contributed by atoms with Crippen LogP contribution in [0.25, 0.3) is 0 Å². The molecule has 0 spiro atoms. The van der Waals surface area contributed by atoms with E-state index in [2.05, 4.69) is 38.8 Å². The van der Waals surface area contributed by atoms with Crippen molar-refractivity contribution in [3.8, 4) is 5.75 Å². The molecule has 2 N–H and O–H groups in total. The van der Waals surface area contributed by atoms with Crippen LogP contribution in [0.3, 0.4) is 0 Å². The van der Waals surface area contributed by atoms with Crippen molar-refractivity contribution in [1.29, 1.82) is 0 Å². The smallest absolute Gasteiger partial charge is 0.147 e. The number of para-hydroxylation sites is 1. The maximum atomic E-state index is 5.65. The second-order valence-electron chi connectivity index (χ2n) is 3.20. The molecule has 0 aliphatic heterocycles. The molecule has 1 atom stereocenters. The molecule has 0 amide bonds. The van der Waals surface area contributed by atoms with Crippen LogP contribution in [0.4, 0.5) is 0 Å². The van der Waals surface area contributed by atoms with Gasteiger partial charge in [-0.25, -0.2) is 0 Å². The van der Waals surface area contributed by atoms with Crippen LogP contribution < -0.4 is 10.5 Å². The van der Waals surface area contributed by atoms with E-state index in [4.69, 9.17) is 10.5 Å². The van der Waals surface area contributed by atoms with E-state index in [0.717, 1.165) is 14.7 Å². The second-order valence-corrected chi connectivity index (χ2v) is 4.91. The van der Waals surface area contributed by atoms with Gasteiger partial charge in [0.25, 0.3) is 0 Å². The van der Waals surface area contributed by atoms with Crippen molar-refractivity contribution in [3.63, 3.8) is 0 Å². The monoisotopic (exact) mass is 321 g/mol. The van der Waals surface area contributed by atoms with E-state index in [0.29, 0.717) is 19.1 Å². The number of benzene rings is 1. The fourth-order valence-corrected chi connectivity index (χ4v) is 2.14. The lowest BCUT2D eigenvalue weighted by atomic mass is 10.2. The Morgan fingerprint density at radius 1 is 1.36 bits per heavy atom. The average molecular weight is 323 g/mol. The zero-order valence-electron chi connectivity index (χ0n) is 7.97. The lowest BCUT2D eigenvalue weighted by Gasteiger charge is -2.13. The standard InChI is InChI=1S/C10H13Br2NO/c1-7(5-13)6-14-10-8(11)3-2-4-9(10)12/h2-4,7H,5-6,13H2,1H3. The highest BCUT2D eigenvalue weighted by Crippen LogP contribution is 2.33. The Balaban J connectivity index is 2.66. The first kappa shape index (κ1) is 12.0. The molecule has 0 heterocycles.